The van der Waals surface area contributed by atoms with Crippen LogP contribution in [0.5, 0.6) is 11.5 Å². The van der Waals surface area contributed by atoms with Gasteiger partial charge in [-0.1, -0.05) is 18.8 Å². The van der Waals surface area contributed by atoms with E-state index in [9.17, 15) is 14.4 Å². The highest BCUT2D eigenvalue weighted by molar-refractivity contribution is 7.60. The van der Waals surface area contributed by atoms with Gasteiger partial charge in [-0.25, -0.2) is 4.98 Å². The molecule has 172 valence electrons. The van der Waals surface area contributed by atoms with Crippen molar-refractivity contribution >= 4 is 24.7 Å². The number of ether oxygens (including phenoxy) is 2. The maximum atomic E-state index is 11.7. The summed E-state index contributed by atoms with van der Waals surface area (Å²) in [7, 11) is -1.29. The van der Waals surface area contributed by atoms with Gasteiger partial charge in [-0.3, -0.25) is 4.57 Å². The summed E-state index contributed by atoms with van der Waals surface area (Å²) >= 11 is 0. The van der Waals surface area contributed by atoms with Crippen molar-refractivity contribution in [3.8, 4) is 23.3 Å². The average molecular weight is 468 g/mol. The molecule has 0 unspecified atom stereocenters. The van der Waals surface area contributed by atoms with Crippen molar-refractivity contribution in [2.75, 3.05) is 25.7 Å². The first-order valence-corrected chi connectivity index (χ1v) is 11.6. The Morgan fingerprint density at radius 1 is 1.06 bits per heavy atom. The van der Waals surface area contributed by atoms with Gasteiger partial charge in [-0.15, -0.1) is 0 Å². The zero-order chi connectivity index (χ0) is 24.2. The number of benzene rings is 2. The standard InChI is InChI=1S/C23H25N4O5P/c1-4-16-9-14(6-8-20(16)33(28,29)30)5-7-17-10-15(12-19(31-2)21(17)32-3)11-18-13-26-23(25)27-22(18)24/h6,8-10,12-13H,4,11H2,1-3H3,(H2,28,29,30)(H4,24,25,26,27). The lowest BCUT2D eigenvalue weighted by Gasteiger charge is -2.13. The molecule has 0 aliphatic rings. The van der Waals surface area contributed by atoms with Crippen molar-refractivity contribution < 1.29 is 23.8 Å². The van der Waals surface area contributed by atoms with Crippen LogP contribution in [0, 0.1) is 11.8 Å². The molecule has 0 amide bonds. The van der Waals surface area contributed by atoms with Gasteiger partial charge in [0, 0.05) is 23.7 Å². The third kappa shape index (κ3) is 5.62. The van der Waals surface area contributed by atoms with Crippen LogP contribution >= 0.6 is 7.60 Å². The Labute approximate surface area is 191 Å². The molecule has 2 aromatic carbocycles. The SMILES string of the molecule is CCc1cc(C#Cc2cc(Cc3cnc(N)nc3N)cc(OC)c2OC)ccc1P(=O)(O)O. The molecule has 1 aromatic heterocycles. The Bertz CT molecular complexity index is 1290. The highest BCUT2D eigenvalue weighted by Crippen LogP contribution is 2.35. The fourth-order valence-electron chi connectivity index (χ4n) is 3.38. The van der Waals surface area contributed by atoms with E-state index in [4.69, 9.17) is 20.9 Å². The fraction of sp³-hybridized carbons (Fsp3) is 0.217. The minimum atomic E-state index is -4.35. The smallest absolute Gasteiger partial charge is 0.356 e. The number of nitrogen functional groups attached to an aromatic ring is 2. The lowest BCUT2D eigenvalue weighted by atomic mass is 10.0. The molecule has 9 nitrogen and oxygen atoms in total. The van der Waals surface area contributed by atoms with Gasteiger partial charge in [0.2, 0.25) is 5.95 Å². The molecule has 0 saturated carbocycles. The van der Waals surface area contributed by atoms with Crippen molar-refractivity contribution in [1.82, 2.24) is 9.97 Å². The summed E-state index contributed by atoms with van der Waals surface area (Å²) in [5, 5.41) is 0.0140. The van der Waals surface area contributed by atoms with E-state index >= 15 is 0 Å². The Morgan fingerprint density at radius 2 is 1.82 bits per heavy atom. The molecule has 0 aliphatic carbocycles. The van der Waals surface area contributed by atoms with Crippen LogP contribution < -0.4 is 26.2 Å². The van der Waals surface area contributed by atoms with E-state index in [1.807, 2.05) is 19.1 Å². The van der Waals surface area contributed by atoms with E-state index in [0.717, 1.165) is 5.56 Å². The molecule has 3 rings (SSSR count). The molecule has 0 fully saturated rings. The number of nitrogens with two attached hydrogens (primary N) is 2. The third-order valence-corrected chi connectivity index (χ3v) is 6.03. The average Bonchev–Trinajstić information content (AvgIpc) is 2.78. The molecule has 33 heavy (non-hydrogen) atoms. The van der Waals surface area contributed by atoms with Crippen LogP contribution in [0.3, 0.4) is 0 Å². The molecule has 1 heterocycles. The van der Waals surface area contributed by atoms with E-state index in [-0.39, 0.29) is 11.3 Å². The van der Waals surface area contributed by atoms with Crippen LogP contribution in [0.15, 0.2) is 36.5 Å². The summed E-state index contributed by atoms with van der Waals surface area (Å²) in [6, 6.07) is 8.36. The molecule has 6 N–H and O–H groups in total. The van der Waals surface area contributed by atoms with E-state index in [0.29, 0.717) is 52.4 Å². The molecule has 0 saturated heterocycles. The first kappa shape index (κ1) is 24.1. The summed E-state index contributed by atoms with van der Waals surface area (Å²) in [5.74, 6) is 7.50. The first-order valence-electron chi connectivity index (χ1n) is 9.99. The number of hydrogen-bond acceptors (Lipinski definition) is 7. The topological polar surface area (TPSA) is 154 Å². The predicted molar refractivity (Wildman–Crippen MR) is 127 cm³/mol. The molecule has 3 aromatic rings. The second-order valence-electron chi connectivity index (χ2n) is 7.19. The second-order valence-corrected chi connectivity index (χ2v) is 8.76. The zero-order valence-corrected chi connectivity index (χ0v) is 19.4. The number of aryl methyl sites for hydroxylation is 1. The molecular weight excluding hydrogens is 443 g/mol. The fourth-order valence-corrected chi connectivity index (χ4v) is 4.24. The van der Waals surface area contributed by atoms with Crippen molar-refractivity contribution in [2.24, 2.45) is 0 Å². The van der Waals surface area contributed by atoms with Gasteiger partial charge in [0.1, 0.15) is 5.82 Å². The van der Waals surface area contributed by atoms with Crippen molar-refractivity contribution in [3.05, 3.63) is 64.3 Å². The summed E-state index contributed by atoms with van der Waals surface area (Å²) in [5.41, 5.74) is 14.8. The lowest BCUT2D eigenvalue weighted by molar-refractivity contribution is 0.354. The summed E-state index contributed by atoms with van der Waals surface area (Å²) in [6.07, 6.45) is 2.47. The van der Waals surface area contributed by atoms with Crippen LogP contribution in [0.2, 0.25) is 0 Å². The molecule has 0 aliphatic heterocycles. The molecule has 0 atom stereocenters. The molecule has 0 spiro atoms. The second kappa shape index (κ2) is 9.92. The first-order chi connectivity index (χ1) is 15.7. The van der Waals surface area contributed by atoms with Gasteiger partial charge >= 0.3 is 7.60 Å². The van der Waals surface area contributed by atoms with Gasteiger partial charge < -0.3 is 30.7 Å². The number of hydrogen-bond donors (Lipinski definition) is 4. The highest BCUT2D eigenvalue weighted by Gasteiger charge is 2.20. The molecular formula is C23H25N4O5P. The predicted octanol–water partition coefficient (Wildman–Crippen LogP) is 2.01. The van der Waals surface area contributed by atoms with E-state index < -0.39 is 7.60 Å². The van der Waals surface area contributed by atoms with Gasteiger partial charge in [0.05, 0.1) is 25.1 Å². The molecule has 0 radical (unpaired) electrons. The van der Waals surface area contributed by atoms with Crippen LogP contribution in [0.25, 0.3) is 0 Å². The number of anilines is 2. The third-order valence-electron chi connectivity index (χ3n) is 4.97. The molecule has 0 bridgehead atoms. The summed E-state index contributed by atoms with van der Waals surface area (Å²) < 4.78 is 22.7. The van der Waals surface area contributed by atoms with E-state index in [1.54, 1.807) is 18.3 Å². The van der Waals surface area contributed by atoms with Crippen LogP contribution in [0.4, 0.5) is 11.8 Å². The minimum Gasteiger partial charge on any atom is -0.493 e. The van der Waals surface area contributed by atoms with Crippen LogP contribution in [-0.4, -0.2) is 34.0 Å². The summed E-state index contributed by atoms with van der Waals surface area (Å²) in [4.78, 5) is 27.1. The van der Waals surface area contributed by atoms with Gasteiger partial charge in [0.15, 0.2) is 11.5 Å². The number of methoxy groups -OCH3 is 2. The number of aromatic nitrogens is 2. The minimum absolute atomic E-state index is 0.0140. The van der Waals surface area contributed by atoms with Crippen LogP contribution in [-0.2, 0) is 17.4 Å². The highest BCUT2D eigenvalue weighted by atomic mass is 31.2. The Balaban J connectivity index is 2.04. The van der Waals surface area contributed by atoms with Crippen molar-refractivity contribution in [3.63, 3.8) is 0 Å². The molecule has 10 heteroatoms. The quantitative estimate of drug-likeness (QED) is 0.314. The largest absolute Gasteiger partial charge is 0.493 e. The Hall–Kier alpha value is -3.57. The van der Waals surface area contributed by atoms with Crippen molar-refractivity contribution in [2.45, 2.75) is 19.8 Å². The summed E-state index contributed by atoms with van der Waals surface area (Å²) in [6.45, 7) is 1.83. The number of nitrogens with zero attached hydrogens (tertiary/aromatic N) is 2. The van der Waals surface area contributed by atoms with Crippen molar-refractivity contribution in [1.29, 1.82) is 0 Å². The lowest BCUT2D eigenvalue weighted by Crippen LogP contribution is -2.10. The normalized spacial score (nSPS) is 10.9. The van der Waals surface area contributed by atoms with Gasteiger partial charge in [-0.2, -0.15) is 4.98 Å². The monoisotopic (exact) mass is 468 g/mol. The Morgan fingerprint density at radius 3 is 2.42 bits per heavy atom. The maximum Gasteiger partial charge on any atom is 0.356 e. The van der Waals surface area contributed by atoms with E-state index in [2.05, 4.69) is 21.8 Å². The zero-order valence-electron chi connectivity index (χ0n) is 18.5. The van der Waals surface area contributed by atoms with Gasteiger partial charge in [-0.05, 0) is 47.9 Å². The van der Waals surface area contributed by atoms with Crippen LogP contribution in [0.1, 0.15) is 34.7 Å². The number of rotatable bonds is 6. The Kier molecular flexibility index (Phi) is 7.24. The van der Waals surface area contributed by atoms with Gasteiger partial charge in [0.25, 0.3) is 0 Å². The maximum absolute atomic E-state index is 11.7. The van der Waals surface area contributed by atoms with E-state index in [1.165, 1.54) is 20.3 Å².